The molecule has 0 amide bonds. The van der Waals surface area contributed by atoms with Gasteiger partial charge in [-0.25, -0.2) is 12.7 Å². The van der Waals surface area contributed by atoms with Crippen molar-refractivity contribution in [1.29, 1.82) is 0 Å². The highest BCUT2D eigenvalue weighted by atomic mass is 32.2. The second-order valence-electron chi connectivity index (χ2n) is 4.05. The summed E-state index contributed by atoms with van der Waals surface area (Å²) < 4.78 is 31.2. The smallest absolute Gasteiger partial charge is 0.252 e. The van der Waals surface area contributed by atoms with Gasteiger partial charge in [-0.3, -0.25) is 0 Å². The molecule has 0 saturated carbocycles. The zero-order valence-electron chi connectivity index (χ0n) is 11.0. The van der Waals surface area contributed by atoms with Gasteiger partial charge in [-0.05, 0) is 25.0 Å². The molecule has 7 heteroatoms. The first-order valence-corrected chi connectivity index (χ1v) is 7.93. The molecule has 2 N–H and O–H groups in total. The van der Waals surface area contributed by atoms with Gasteiger partial charge in [0, 0.05) is 38.7 Å². The van der Waals surface area contributed by atoms with Crippen molar-refractivity contribution < 1.29 is 13.2 Å². The zero-order valence-corrected chi connectivity index (χ0v) is 12.6. The van der Waals surface area contributed by atoms with E-state index in [1.54, 1.807) is 20.2 Å². The molecule has 5 nitrogen and oxygen atoms in total. The number of aryl methyl sites for hydroxylation is 1. The lowest BCUT2D eigenvalue weighted by Crippen LogP contribution is -2.28. The Kier molecular flexibility index (Phi) is 5.74. The van der Waals surface area contributed by atoms with E-state index in [1.165, 1.54) is 15.6 Å². The highest BCUT2D eigenvalue weighted by Gasteiger charge is 2.23. The summed E-state index contributed by atoms with van der Waals surface area (Å²) in [6.07, 6.45) is 0.681. The Morgan fingerprint density at radius 1 is 1.50 bits per heavy atom. The molecule has 0 unspecified atom stereocenters. The number of ether oxygens (including phenoxy) is 1. The zero-order chi connectivity index (χ0) is 13.8. The molecule has 0 fully saturated rings. The lowest BCUT2D eigenvalue weighted by Gasteiger charge is -2.15. The number of rotatable bonds is 7. The monoisotopic (exact) mass is 292 g/mol. The van der Waals surface area contributed by atoms with Crippen molar-refractivity contribution in [3.63, 3.8) is 0 Å². The highest BCUT2D eigenvalue weighted by Crippen LogP contribution is 2.27. The quantitative estimate of drug-likeness (QED) is 0.766. The molecule has 0 atom stereocenters. The third-order valence-corrected chi connectivity index (χ3v) is 6.23. The molecule has 0 aliphatic carbocycles. The molecular formula is C11H20N2O3S2. The molecule has 0 saturated heterocycles. The lowest BCUT2D eigenvalue weighted by atomic mass is 10.3. The van der Waals surface area contributed by atoms with E-state index < -0.39 is 10.0 Å². The molecule has 1 rings (SSSR count). The number of hydrogen-bond donors (Lipinski definition) is 1. The molecule has 0 spiro atoms. The summed E-state index contributed by atoms with van der Waals surface area (Å²) in [7, 11) is -0.203. The van der Waals surface area contributed by atoms with Crippen LogP contribution in [0.5, 0.6) is 0 Å². The summed E-state index contributed by atoms with van der Waals surface area (Å²) in [5.74, 6) is 0. The van der Waals surface area contributed by atoms with Crippen LogP contribution in [0, 0.1) is 6.92 Å². The number of nitrogens with zero attached hydrogens (tertiary/aromatic N) is 1. The molecular weight excluding hydrogens is 272 g/mol. The maximum absolute atomic E-state index is 12.3. The SMILES string of the molecule is COCCCN(C)S(=O)(=O)c1cc(C)c(CN)s1. The van der Waals surface area contributed by atoms with Crippen LogP contribution in [0.15, 0.2) is 10.3 Å². The van der Waals surface area contributed by atoms with Crippen LogP contribution in [0.2, 0.25) is 0 Å². The van der Waals surface area contributed by atoms with Crippen molar-refractivity contribution in [2.24, 2.45) is 5.73 Å². The van der Waals surface area contributed by atoms with Gasteiger partial charge in [0.2, 0.25) is 0 Å². The van der Waals surface area contributed by atoms with Crippen molar-refractivity contribution in [1.82, 2.24) is 4.31 Å². The number of thiophene rings is 1. The number of nitrogens with two attached hydrogens (primary N) is 1. The predicted octanol–water partition coefficient (Wildman–Crippen LogP) is 1.17. The highest BCUT2D eigenvalue weighted by molar-refractivity contribution is 7.91. The summed E-state index contributed by atoms with van der Waals surface area (Å²) in [6, 6.07) is 1.69. The van der Waals surface area contributed by atoms with E-state index in [2.05, 4.69) is 0 Å². The van der Waals surface area contributed by atoms with E-state index in [-0.39, 0.29) is 0 Å². The molecule has 0 aromatic carbocycles. The molecule has 0 aliphatic rings. The normalized spacial score (nSPS) is 12.3. The molecule has 1 aromatic rings. The van der Waals surface area contributed by atoms with Crippen molar-refractivity contribution in [3.8, 4) is 0 Å². The van der Waals surface area contributed by atoms with Crippen LogP contribution < -0.4 is 5.73 Å². The topological polar surface area (TPSA) is 72.6 Å². The standard InChI is InChI=1S/C11H20N2O3S2/c1-9-7-11(17-10(9)8-12)18(14,15)13(2)5-4-6-16-3/h7H,4-6,8,12H2,1-3H3. The number of hydrogen-bond acceptors (Lipinski definition) is 5. The van der Waals surface area contributed by atoms with Gasteiger partial charge in [0.25, 0.3) is 10.0 Å². The summed E-state index contributed by atoms with van der Waals surface area (Å²) in [5.41, 5.74) is 6.50. The first-order valence-electron chi connectivity index (χ1n) is 5.68. The van der Waals surface area contributed by atoms with E-state index in [9.17, 15) is 8.42 Å². The summed E-state index contributed by atoms with van der Waals surface area (Å²) in [4.78, 5) is 0.916. The lowest BCUT2D eigenvalue weighted by molar-refractivity contribution is 0.189. The first kappa shape index (κ1) is 15.6. The minimum atomic E-state index is -3.39. The van der Waals surface area contributed by atoms with Gasteiger partial charge < -0.3 is 10.5 Å². The van der Waals surface area contributed by atoms with Crippen LogP contribution in [0.25, 0.3) is 0 Å². The average Bonchev–Trinajstić information content (AvgIpc) is 2.71. The molecule has 0 bridgehead atoms. The fourth-order valence-corrected chi connectivity index (χ4v) is 4.41. The van der Waals surface area contributed by atoms with Crippen LogP contribution in [0.4, 0.5) is 0 Å². The maximum atomic E-state index is 12.3. The van der Waals surface area contributed by atoms with Gasteiger partial charge >= 0.3 is 0 Å². The van der Waals surface area contributed by atoms with Gasteiger partial charge in [0.05, 0.1) is 0 Å². The Bertz CT molecular complexity index is 482. The largest absolute Gasteiger partial charge is 0.385 e. The van der Waals surface area contributed by atoms with Crippen LogP contribution in [0.1, 0.15) is 16.9 Å². The number of sulfonamides is 1. The Hall–Kier alpha value is -0.470. The first-order chi connectivity index (χ1) is 8.43. The van der Waals surface area contributed by atoms with Crippen molar-refractivity contribution >= 4 is 21.4 Å². The van der Waals surface area contributed by atoms with E-state index in [1.807, 2.05) is 6.92 Å². The summed E-state index contributed by atoms with van der Waals surface area (Å²) >= 11 is 1.25. The van der Waals surface area contributed by atoms with Gasteiger partial charge in [-0.2, -0.15) is 0 Å². The van der Waals surface area contributed by atoms with Crippen LogP contribution >= 0.6 is 11.3 Å². The van der Waals surface area contributed by atoms with Crippen molar-refractivity contribution in [3.05, 3.63) is 16.5 Å². The van der Waals surface area contributed by atoms with Crippen LogP contribution in [-0.2, 0) is 21.3 Å². The van der Waals surface area contributed by atoms with Gasteiger partial charge in [-0.15, -0.1) is 11.3 Å². The minimum Gasteiger partial charge on any atom is -0.385 e. The van der Waals surface area contributed by atoms with E-state index in [0.717, 1.165) is 10.4 Å². The Balaban J connectivity index is 2.84. The molecule has 0 radical (unpaired) electrons. The second kappa shape index (κ2) is 6.63. The van der Waals surface area contributed by atoms with E-state index in [0.29, 0.717) is 30.3 Å². The van der Waals surface area contributed by atoms with Gasteiger partial charge in [-0.1, -0.05) is 0 Å². The molecule has 1 aromatic heterocycles. The van der Waals surface area contributed by atoms with E-state index in [4.69, 9.17) is 10.5 Å². The third-order valence-electron chi connectivity index (χ3n) is 2.67. The molecule has 1 heterocycles. The predicted molar refractivity (Wildman–Crippen MR) is 73.3 cm³/mol. The van der Waals surface area contributed by atoms with Gasteiger partial charge in [0.15, 0.2) is 0 Å². The maximum Gasteiger partial charge on any atom is 0.252 e. The van der Waals surface area contributed by atoms with Crippen molar-refractivity contribution in [2.75, 3.05) is 27.3 Å². The second-order valence-corrected chi connectivity index (χ2v) is 7.46. The van der Waals surface area contributed by atoms with Crippen LogP contribution in [0.3, 0.4) is 0 Å². The molecule has 0 aliphatic heterocycles. The third kappa shape index (κ3) is 3.52. The summed E-state index contributed by atoms with van der Waals surface area (Å²) in [5, 5.41) is 0. The van der Waals surface area contributed by atoms with Crippen molar-refractivity contribution in [2.45, 2.75) is 24.1 Å². The van der Waals surface area contributed by atoms with Crippen LogP contribution in [-0.4, -0.2) is 40.0 Å². The average molecular weight is 292 g/mol. The van der Waals surface area contributed by atoms with Gasteiger partial charge in [0.1, 0.15) is 4.21 Å². The summed E-state index contributed by atoms with van der Waals surface area (Å²) in [6.45, 7) is 3.25. The fourth-order valence-electron chi connectivity index (χ4n) is 1.52. The number of methoxy groups -OCH3 is 1. The Morgan fingerprint density at radius 2 is 2.17 bits per heavy atom. The van der Waals surface area contributed by atoms with E-state index >= 15 is 0 Å². The Labute approximate surface area is 113 Å². The Morgan fingerprint density at radius 3 is 2.67 bits per heavy atom. The molecule has 18 heavy (non-hydrogen) atoms. The molecule has 104 valence electrons. The minimum absolute atomic E-state index is 0.361. The fraction of sp³-hybridized carbons (Fsp3) is 0.636.